The van der Waals surface area contributed by atoms with Gasteiger partial charge in [0.1, 0.15) is 0 Å². The molecule has 0 spiro atoms. The second kappa shape index (κ2) is 4.58. The molecule has 0 aliphatic heterocycles. The molecule has 5 heteroatoms. The Hall–Kier alpha value is -1.26. The molecule has 0 radical (unpaired) electrons. The molecule has 0 aliphatic carbocycles. The molecular weight excluding hydrogens is 154 g/mol. The lowest BCUT2D eigenvalue weighted by atomic mass is 10.2. The van der Waals surface area contributed by atoms with Gasteiger partial charge in [-0.05, 0) is 6.42 Å². The third-order valence-corrected chi connectivity index (χ3v) is 1.65. The van der Waals surface area contributed by atoms with E-state index in [2.05, 4.69) is 27.7 Å². The highest BCUT2D eigenvalue weighted by Crippen LogP contribution is 2.08. The van der Waals surface area contributed by atoms with Gasteiger partial charge < -0.3 is 11.1 Å². The predicted octanol–water partition coefficient (Wildman–Crippen LogP) is 0.989. The fraction of sp³-hybridized carbons (Fsp3) is 0.714. The van der Waals surface area contributed by atoms with Gasteiger partial charge >= 0.3 is 0 Å². The summed E-state index contributed by atoms with van der Waals surface area (Å²) in [7, 11) is 0. The second-order valence-electron chi connectivity index (χ2n) is 2.69. The average molecular weight is 169 g/mol. The molecule has 68 valence electrons. The number of aromatic nitrogens is 3. The maximum Gasteiger partial charge on any atom is 0.192 e. The number of anilines is 2. The van der Waals surface area contributed by atoms with Gasteiger partial charge in [-0.15, -0.1) is 10.2 Å². The van der Waals surface area contributed by atoms with Gasteiger partial charge in [-0.2, -0.15) is 5.21 Å². The van der Waals surface area contributed by atoms with Crippen LogP contribution in [0.2, 0.25) is 0 Å². The summed E-state index contributed by atoms with van der Waals surface area (Å²) in [5.41, 5.74) is 5.49. The number of H-pyrrole nitrogens is 1. The van der Waals surface area contributed by atoms with Crippen LogP contribution in [0, 0.1) is 0 Å². The Morgan fingerprint density at radius 1 is 1.42 bits per heavy atom. The first-order valence-corrected chi connectivity index (χ1v) is 4.24. The van der Waals surface area contributed by atoms with Crippen molar-refractivity contribution in [1.82, 2.24) is 15.4 Å². The zero-order valence-corrected chi connectivity index (χ0v) is 7.30. The van der Waals surface area contributed by atoms with Gasteiger partial charge in [-0.25, -0.2) is 0 Å². The number of hydrogen-bond donors (Lipinski definition) is 3. The summed E-state index contributed by atoms with van der Waals surface area (Å²) >= 11 is 0. The summed E-state index contributed by atoms with van der Waals surface area (Å²) in [5.74, 6) is 1.10. The highest BCUT2D eigenvalue weighted by atomic mass is 15.4. The van der Waals surface area contributed by atoms with Gasteiger partial charge in [0.2, 0.25) is 0 Å². The van der Waals surface area contributed by atoms with E-state index in [1.165, 1.54) is 12.8 Å². The fourth-order valence-electron chi connectivity index (χ4n) is 0.951. The number of rotatable bonds is 5. The monoisotopic (exact) mass is 169 g/mol. The molecule has 0 unspecified atom stereocenters. The van der Waals surface area contributed by atoms with Crippen LogP contribution in [0.3, 0.4) is 0 Å². The summed E-state index contributed by atoms with van der Waals surface area (Å²) < 4.78 is 0. The molecule has 0 fully saturated rings. The second-order valence-corrected chi connectivity index (χ2v) is 2.69. The maximum atomic E-state index is 5.49. The number of nitrogens with one attached hydrogen (secondary N) is 2. The number of unbranched alkanes of at least 4 members (excludes halogenated alkanes) is 2. The van der Waals surface area contributed by atoms with Crippen LogP contribution in [0.15, 0.2) is 0 Å². The van der Waals surface area contributed by atoms with E-state index in [4.69, 9.17) is 5.73 Å². The topological polar surface area (TPSA) is 79.6 Å². The summed E-state index contributed by atoms with van der Waals surface area (Å²) in [5, 5.41) is 13.1. The molecule has 0 saturated heterocycles. The molecule has 5 nitrogen and oxygen atoms in total. The van der Waals surface area contributed by atoms with E-state index in [0.717, 1.165) is 13.0 Å². The van der Waals surface area contributed by atoms with E-state index in [-0.39, 0.29) is 0 Å². The van der Waals surface area contributed by atoms with Crippen LogP contribution >= 0.6 is 0 Å². The molecule has 0 saturated carbocycles. The number of hydrogen-bond acceptors (Lipinski definition) is 4. The van der Waals surface area contributed by atoms with Crippen LogP contribution in [-0.2, 0) is 0 Å². The van der Waals surface area contributed by atoms with Crippen molar-refractivity contribution in [3.8, 4) is 0 Å². The van der Waals surface area contributed by atoms with Crippen LogP contribution in [0.25, 0.3) is 0 Å². The van der Waals surface area contributed by atoms with E-state index in [1.54, 1.807) is 0 Å². The van der Waals surface area contributed by atoms with E-state index in [0.29, 0.717) is 11.6 Å². The molecule has 1 heterocycles. The van der Waals surface area contributed by atoms with Crippen LogP contribution in [-0.4, -0.2) is 22.0 Å². The van der Waals surface area contributed by atoms with Crippen LogP contribution in [0.4, 0.5) is 11.6 Å². The van der Waals surface area contributed by atoms with Gasteiger partial charge in [0.15, 0.2) is 11.6 Å². The predicted molar refractivity (Wildman–Crippen MR) is 48.8 cm³/mol. The number of aromatic amines is 1. The van der Waals surface area contributed by atoms with E-state index >= 15 is 0 Å². The molecule has 0 amide bonds. The molecule has 1 aromatic rings. The molecule has 0 bridgehead atoms. The Morgan fingerprint density at radius 3 is 2.83 bits per heavy atom. The van der Waals surface area contributed by atoms with Gasteiger partial charge in [-0.1, -0.05) is 19.8 Å². The lowest BCUT2D eigenvalue weighted by Crippen LogP contribution is -2.03. The minimum atomic E-state index is 0.437. The largest absolute Gasteiger partial charge is 0.379 e. The highest BCUT2D eigenvalue weighted by molar-refractivity contribution is 5.54. The molecule has 4 N–H and O–H groups in total. The first kappa shape index (κ1) is 8.83. The van der Waals surface area contributed by atoms with Crippen LogP contribution in [0.1, 0.15) is 26.2 Å². The minimum Gasteiger partial charge on any atom is -0.379 e. The normalized spacial score (nSPS) is 10.1. The third-order valence-electron chi connectivity index (χ3n) is 1.65. The van der Waals surface area contributed by atoms with Crippen molar-refractivity contribution in [2.45, 2.75) is 26.2 Å². The molecule has 1 rings (SSSR count). The number of nitrogen functional groups attached to an aromatic ring is 1. The summed E-state index contributed by atoms with van der Waals surface area (Å²) in [6, 6.07) is 0. The Morgan fingerprint density at radius 2 is 2.25 bits per heavy atom. The van der Waals surface area contributed by atoms with Crippen molar-refractivity contribution in [1.29, 1.82) is 0 Å². The number of nitrogens with zero attached hydrogens (tertiary/aromatic N) is 2. The maximum absolute atomic E-state index is 5.49. The molecule has 1 aromatic heterocycles. The Bertz CT molecular complexity index is 219. The molecule has 12 heavy (non-hydrogen) atoms. The highest BCUT2D eigenvalue weighted by Gasteiger charge is 2.00. The summed E-state index contributed by atoms with van der Waals surface area (Å²) in [6.45, 7) is 3.08. The van der Waals surface area contributed by atoms with Crippen molar-refractivity contribution in [3.63, 3.8) is 0 Å². The van der Waals surface area contributed by atoms with Crippen molar-refractivity contribution in [3.05, 3.63) is 0 Å². The van der Waals surface area contributed by atoms with Crippen molar-refractivity contribution in [2.75, 3.05) is 17.6 Å². The lowest BCUT2D eigenvalue weighted by Gasteiger charge is -2.00. The Balaban J connectivity index is 2.20. The smallest absolute Gasteiger partial charge is 0.192 e. The zero-order chi connectivity index (χ0) is 8.81. The Labute approximate surface area is 71.7 Å². The van der Waals surface area contributed by atoms with Gasteiger partial charge in [-0.3, -0.25) is 0 Å². The fourth-order valence-corrected chi connectivity index (χ4v) is 0.951. The van der Waals surface area contributed by atoms with Crippen molar-refractivity contribution >= 4 is 11.6 Å². The number of nitrogens with two attached hydrogens (primary N) is 1. The van der Waals surface area contributed by atoms with Gasteiger partial charge in [0.25, 0.3) is 0 Å². The van der Waals surface area contributed by atoms with E-state index < -0.39 is 0 Å². The van der Waals surface area contributed by atoms with Crippen LogP contribution < -0.4 is 11.1 Å². The van der Waals surface area contributed by atoms with Gasteiger partial charge in [0.05, 0.1) is 0 Å². The first-order valence-electron chi connectivity index (χ1n) is 4.24. The average Bonchev–Trinajstić information content (AvgIpc) is 2.46. The molecule has 0 atom stereocenters. The van der Waals surface area contributed by atoms with Gasteiger partial charge in [0, 0.05) is 6.54 Å². The molecule has 0 aliphatic rings. The lowest BCUT2D eigenvalue weighted by molar-refractivity contribution is 0.742. The quantitative estimate of drug-likeness (QED) is 0.574. The molecular formula is C7H15N5. The first-order chi connectivity index (χ1) is 5.84. The summed E-state index contributed by atoms with van der Waals surface area (Å²) in [4.78, 5) is 0. The minimum absolute atomic E-state index is 0.437. The van der Waals surface area contributed by atoms with Crippen molar-refractivity contribution in [2.24, 2.45) is 0 Å². The standard InChI is InChI=1S/C7H15N5/c1-2-3-4-5-9-7-6(8)10-12-11-7/h2-5H2,1H3,(H4,8,9,10,11,12). The summed E-state index contributed by atoms with van der Waals surface area (Å²) in [6.07, 6.45) is 3.59. The molecule has 0 aromatic carbocycles. The zero-order valence-electron chi connectivity index (χ0n) is 7.30. The van der Waals surface area contributed by atoms with Crippen molar-refractivity contribution < 1.29 is 0 Å². The van der Waals surface area contributed by atoms with E-state index in [1.807, 2.05) is 0 Å². The SMILES string of the molecule is CCCCCNc1n[nH]nc1N. The van der Waals surface area contributed by atoms with E-state index in [9.17, 15) is 0 Å². The Kier molecular flexibility index (Phi) is 3.37. The third kappa shape index (κ3) is 2.41. The van der Waals surface area contributed by atoms with Crippen LogP contribution in [0.5, 0.6) is 0 Å².